The average Bonchev–Trinajstić information content (AvgIpc) is 3.21. The van der Waals surface area contributed by atoms with Gasteiger partial charge in [0, 0.05) is 23.2 Å². The van der Waals surface area contributed by atoms with Crippen molar-refractivity contribution >= 4 is 0 Å². The van der Waals surface area contributed by atoms with Crippen LogP contribution in [-0.4, -0.2) is 10.2 Å². The summed E-state index contributed by atoms with van der Waals surface area (Å²) >= 11 is 0. The molecule has 3 heteroatoms. The number of fused-ring (bicyclic) bond motifs is 1. The molecule has 2 atom stereocenters. The SMILES string of the molecule is C[C@@]1(c2ccn[nH]2)Cc2ccc(C#N)cc2[C@@H]1c1ccccc1. The number of aromatic amines is 1. The van der Waals surface area contributed by atoms with Crippen molar-refractivity contribution in [3.8, 4) is 6.07 Å². The first-order chi connectivity index (χ1) is 11.2. The van der Waals surface area contributed by atoms with E-state index in [9.17, 15) is 5.26 Å². The van der Waals surface area contributed by atoms with Gasteiger partial charge in [0.05, 0.1) is 11.6 Å². The van der Waals surface area contributed by atoms with Crippen molar-refractivity contribution in [3.63, 3.8) is 0 Å². The number of aromatic nitrogens is 2. The minimum Gasteiger partial charge on any atom is -0.282 e. The first-order valence-electron chi connectivity index (χ1n) is 7.80. The van der Waals surface area contributed by atoms with E-state index in [0.29, 0.717) is 0 Å². The van der Waals surface area contributed by atoms with Gasteiger partial charge in [0.15, 0.2) is 0 Å². The summed E-state index contributed by atoms with van der Waals surface area (Å²) in [5, 5.41) is 16.6. The summed E-state index contributed by atoms with van der Waals surface area (Å²) in [6, 6.07) is 20.9. The zero-order valence-electron chi connectivity index (χ0n) is 13.0. The zero-order chi connectivity index (χ0) is 15.9. The number of H-pyrrole nitrogens is 1. The Labute approximate surface area is 135 Å². The van der Waals surface area contributed by atoms with Gasteiger partial charge in [0.25, 0.3) is 0 Å². The van der Waals surface area contributed by atoms with Gasteiger partial charge in [0.1, 0.15) is 0 Å². The molecule has 0 radical (unpaired) electrons. The molecule has 0 spiro atoms. The quantitative estimate of drug-likeness (QED) is 0.779. The van der Waals surface area contributed by atoms with Gasteiger partial charge in [-0.05, 0) is 41.3 Å². The molecule has 0 aliphatic heterocycles. The molecule has 0 unspecified atom stereocenters. The van der Waals surface area contributed by atoms with Crippen molar-refractivity contribution in [2.24, 2.45) is 0 Å². The first kappa shape index (κ1) is 13.8. The summed E-state index contributed by atoms with van der Waals surface area (Å²) in [6.45, 7) is 2.28. The molecule has 1 N–H and O–H groups in total. The van der Waals surface area contributed by atoms with Gasteiger partial charge >= 0.3 is 0 Å². The van der Waals surface area contributed by atoms with E-state index in [4.69, 9.17) is 0 Å². The maximum atomic E-state index is 9.27. The van der Waals surface area contributed by atoms with E-state index in [2.05, 4.69) is 65.7 Å². The second kappa shape index (κ2) is 5.10. The molecule has 4 rings (SSSR count). The molecular weight excluding hydrogens is 282 g/mol. The van der Waals surface area contributed by atoms with Gasteiger partial charge in [-0.2, -0.15) is 10.4 Å². The summed E-state index contributed by atoms with van der Waals surface area (Å²) in [4.78, 5) is 0. The number of hydrogen-bond acceptors (Lipinski definition) is 2. The molecule has 1 aromatic heterocycles. The standard InChI is InChI=1S/C20H17N3/c1-20(18-9-10-22-23-18)12-16-8-7-14(13-21)11-17(16)19(20)15-5-3-2-4-6-15/h2-11,19H,12H2,1H3,(H,22,23)/t19-,20-/m0/s1. The van der Waals surface area contributed by atoms with Crippen LogP contribution in [0.15, 0.2) is 60.8 Å². The highest BCUT2D eigenvalue weighted by molar-refractivity contribution is 5.53. The van der Waals surface area contributed by atoms with Crippen LogP contribution in [0.1, 0.15) is 40.8 Å². The molecule has 1 aliphatic carbocycles. The highest BCUT2D eigenvalue weighted by atomic mass is 15.1. The number of benzene rings is 2. The van der Waals surface area contributed by atoms with E-state index in [1.807, 2.05) is 18.3 Å². The lowest BCUT2D eigenvalue weighted by Gasteiger charge is -2.31. The molecule has 1 heterocycles. The van der Waals surface area contributed by atoms with Crippen LogP contribution in [0.4, 0.5) is 0 Å². The molecule has 3 nitrogen and oxygen atoms in total. The van der Waals surface area contributed by atoms with Crippen LogP contribution in [0.25, 0.3) is 0 Å². The van der Waals surface area contributed by atoms with Crippen LogP contribution in [0.5, 0.6) is 0 Å². The third kappa shape index (κ3) is 2.07. The average molecular weight is 299 g/mol. The van der Waals surface area contributed by atoms with E-state index in [0.717, 1.165) is 17.7 Å². The summed E-state index contributed by atoms with van der Waals surface area (Å²) < 4.78 is 0. The summed E-state index contributed by atoms with van der Waals surface area (Å²) in [5.74, 6) is 0.215. The molecule has 23 heavy (non-hydrogen) atoms. The van der Waals surface area contributed by atoms with Crippen molar-refractivity contribution in [3.05, 3.63) is 88.7 Å². The summed E-state index contributed by atoms with van der Waals surface area (Å²) in [6.07, 6.45) is 2.75. The maximum Gasteiger partial charge on any atom is 0.0991 e. The van der Waals surface area contributed by atoms with Crippen molar-refractivity contribution in [1.82, 2.24) is 10.2 Å². The Kier molecular flexibility index (Phi) is 3.06. The Hall–Kier alpha value is -2.86. The Morgan fingerprint density at radius 2 is 2.00 bits per heavy atom. The van der Waals surface area contributed by atoms with Crippen molar-refractivity contribution < 1.29 is 0 Å². The third-order valence-electron chi connectivity index (χ3n) is 5.03. The number of nitrogens with zero attached hydrogens (tertiary/aromatic N) is 2. The third-order valence-corrected chi connectivity index (χ3v) is 5.03. The van der Waals surface area contributed by atoms with E-state index in [1.165, 1.54) is 16.7 Å². The highest BCUT2D eigenvalue weighted by Crippen LogP contribution is 2.51. The molecular formula is C20H17N3. The van der Waals surface area contributed by atoms with Crippen molar-refractivity contribution in [2.45, 2.75) is 24.7 Å². The van der Waals surface area contributed by atoms with Crippen LogP contribution in [-0.2, 0) is 11.8 Å². The van der Waals surface area contributed by atoms with Gasteiger partial charge in [-0.25, -0.2) is 0 Å². The van der Waals surface area contributed by atoms with Crippen LogP contribution >= 0.6 is 0 Å². The second-order valence-electron chi connectivity index (χ2n) is 6.43. The summed E-state index contributed by atoms with van der Waals surface area (Å²) in [7, 11) is 0. The van der Waals surface area contributed by atoms with E-state index in [-0.39, 0.29) is 11.3 Å². The van der Waals surface area contributed by atoms with Crippen LogP contribution in [0.3, 0.4) is 0 Å². The van der Waals surface area contributed by atoms with E-state index in [1.54, 1.807) is 0 Å². The van der Waals surface area contributed by atoms with Crippen LogP contribution < -0.4 is 0 Å². The second-order valence-corrected chi connectivity index (χ2v) is 6.43. The molecule has 0 fully saturated rings. The predicted octanol–water partition coefficient (Wildman–Crippen LogP) is 3.93. The molecule has 1 aliphatic rings. The Morgan fingerprint density at radius 1 is 1.17 bits per heavy atom. The molecule has 0 amide bonds. The van der Waals surface area contributed by atoms with Gasteiger partial charge in [-0.15, -0.1) is 0 Å². The number of hydrogen-bond donors (Lipinski definition) is 1. The van der Waals surface area contributed by atoms with Gasteiger partial charge in [0.2, 0.25) is 0 Å². The fourth-order valence-corrected chi connectivity index (χ4v) is 3.95. The lowest BCUT2D eigenvalue weighted by Crippen LogP contribution is -2.28. The normalized spacial score (nSPS) is 22.5. The molecule has 112 valence electrons. The van der Waals surface area contributed by atoms with Gasteiger partial charge in [-0.1, -0.05) is 43.3 Å². The monoisotopic (exact) mass is 299 g/mol. The van der Waals surface area contributed by atoms with Crippen molar-refractivity contribution in [2.75, 3.05) is 0 Å². The molecule has 0 bridgehead atoms. The zero-order valence-corrected chi connectivity index (χ0v) is 13.0. The van der Waals surface area contributed by atoms with E-state index >= 15 is 0 Å². The minimum atomic E-state index is -0.0890. The van der Waals surface area contributed by atoms with Crippen LogP contribution in [0.2, 0.25) is 0 Å². The molecule has 0 saturated carbocycles. The topological polar surface area (TPSA) is 52.5 Å². The fourth-order valence-electron chi connectivity index (χ4n) is 3.95. The van der Waals surface area contributed by atoms with Gasteiger partial charge < -0.3 is 0 Å². The largest absolute Gasteiger partial charge is 0.282 e. The predicted molar refractivity (Wildman–Crippen MR) is 89.1 cm³/mol. The Morgan fingerprint density at radius 3 is 2.70 bits per heavy atom. The lowest BCUT2D eigenvalue weighted by atomic mass is 9.72. The number of nitrogens with one attached hydrogen (secondary N) is 1. The molecule has 2 aromatic carbocycles. The maximum absolute atomic E-state index is 9.27. The van der Waals surface area contributed by atoms with Gasteiger partial charge in [-0.3, -0.25) is 5.10 Å². The van der Waals surface area contributed by atoms with Crippen molar-refractivity contribution in [1.29, 1.82) is 5.26 Å². The highest BCUT2D eigenvalue weighted by Gasteiger charge is 2.45. The number of nitriles is 1. The number of rotatable bonds is 2. The first-order valence-corrected chi connectivity index (χ1v) is 7.80. The minimum absolute atomic E-state index is 0.0890. The Bertz CT molecular complexity index is 875. The summed E-state index contributed by atoms with van der Waals surface area (Å²) in [5.41, 5.74) is 5.62. The molecule has 3 aromatic rings. The smallest absolute Gasteiger partial charge is 0.0991 e. The molecule has 0 saturated heterocycles. The fraction of sp³-hybridized carbons (Fsp3) is 0.200. The lowest BCUT2D eigenvalue weighted by molar-refractivity contribution is 0.435. The Balaban J connectivity index is 1.94. The van der Waals surface area contributed by atoms with E-state index < -0.39 is 0 Å². The van der Waals surface area contributed by atoms with Crippen LogP contribution in [0, 0.1) is 11.3 Å².